The SMILES string of the molecule is C/C(CC(=O)Nc1ccc(Br)cc1)=N\NC(=O)c1ccco1. The zero-order valence-electron chi connectivity index (χ0n) is 11.8. The molecule has 0 aliphatic carbocycles. The Balaban J connectivity index is 1.84. The van der Waals surface area contributed by atoms with Crippen LogP contribution in [-0.2, 0) is 4.79 Å². The van der Waals surface area contributed by atoms with Crippen LogP contribution in [0.3, 0.4) is 0 Å². The maximum absolute atomic E-state index is 11.8. The molecule has 2 aromatic rings. The number of benzene rings is 1. The highest BCUT2D eigenvalue weighted by Crippen LogP contribution is 2.14. The van der Waals surface area contributed by atoms with Gasteiger partial charge in [0.1, 0.15) is 0 Å². The van der Waals surface area contributed by atoms with Crippen LogP contribution in [0.25, 0.3) is 0 Å². The molecule has 2 amide bonds. The lowest BCUT2D eigenvalue weighted by Crippen LogP contribution is -2.21. The van der Waals surface area contributed by atoms with E-state index in [2.05, 4.69) is 31.8 Å². The fourth-order valence-corrected chi connectivity index (χ4v) is 1.88. The second-order valence-corrected chi connectivity index (χ2v) is 5.41. The molecular weight excluding hydrogens is 350 g/mol. The van der Waals surface area contributed by atoms with Crippen molar-refractivity contribution in [3.05, 3.63) is 52.9 Å². The van der Waals surface area contributed by atoms with E-state index in [0.29, 0.717) is 11.4 Å². The molecule has 2 rings (SSSR count). The lowest BCUT2D eigenvalue weighted by Gasteiger charge is -2.05. The second-order valence-electron chi connectivity index (χ2n) is 4.50. The third-order valence-electron chi connectivity index (χ3n) is 2.64. The summed E-state index contributed by atoms with van der Waals surface area (Å²) < 4.78 is 5.87. The largest absolute Gasteiger partial charge is 0.459 e. The van der Waals surface area contributed by atoms with Gasteiger partial charge in [-0.3, -0.25) is 9.59 Å². The maximum atomic E-state index is 11.8. The van der Waals surface area contributed by atoms with Crippen molar-refractivity contribution in [2.45, 2.75) is 13.3 Å². The number of hydrogen-bond donors (Lipinski definition) is 2. The Bertz CT molecular complexity index is 679. The van der Waals surface area contributed by atoms with Crippen molar-refractivity contribution in [3.63, 3.8) is 0 Å². The zero-order chi connectivity index (χ0) is 15.9. The number of nitrogens with zero attached hydrogens (tertiary/aromatic N) is 1. The van der Waals surface area contributed by atoms with E-state index in [1.54, 1.807) is 25.1 Å². The number of rotatable bonds is 5. The van der Waals surface area contributed by atoms with Crippen LogP contribution in [0.2, 0.25) is 0 Å². The molecule has 7 heteroatoms. The van der Waals surface area contributed by atoms with Gasteiger partial charge in [0.2, 0.25) is 5.91 Å². The highest BCUT2D eigenvalue weighted by molar-refractivity contribution is 9.10. The minimum Gasteiger partial charge on any atom is -0.459 e. The highest BCUT2D eigenvalue weighted by atomic mass is 79.9. The molecule has 0 aliphatic rings. The topological polar surface area (TPSA) is 83.7 Å². The highest BCUT2D eigenvalue weighted by Gasteiger charge is 2.08. The van der Waals surface area contributed by atoms with Crippen molar-refractivity contribution < 1.29 is 14.0 Å². The molecule has 0 atom stereocenters. The Morgan fingerprint density at radius 1 is 1.23 bits per heavy atom. The Kier molecular flexibility index (Phi) is 5.48. The van der Waals surface area contributed by atoms with Crippen LogP contribution in [0.4, 0.5) is 5.69 Å². The first-order valence-corrected chi connectivity index (χ1v) is 7.26. The van der Waals surface area contributed by atoms with E-state index in [-0.39, 0.29) is 18.1 Å². The number of nitrogens with one attached hydrogen (secondary N) is 2. The molecule has 0 unspecified atom stereocenters. The van der Waals surface area contributed by atoms with E-state index in [1.165, 1.54) is 12.3 Å². The molecule has 0 spiro atoms. The average Bonchev–Trinajstić information content (AvgIpc) is 3.01. The lowest BCUT2D eigenvalue weighted by atomic mass is 10.2. The summed E-state index contributed by atoms with van der Waals surface area (Å²) in [5.41, 5.74) is 3.51. The van der Waals surface area contributed by atoms with Gasteiger partial charge in [0.25, 0.3) is 0 Å². The van der Waals surface area contributed by atoms with E-state index < -0.39 is 5.91 Å². The molecule has 0 saturated carbocycles. The van der Waals surface area contributed by atoms with Crippen molar-refractivity contribution in [1.82, 2.24) is 5.43 Å². The quantitative estimate of drug-likeness (QED) is 0.631. The first kappa shape index (κ1) is 16.0. The molecule has 2 N–H and O–H groups in total. The molecule has 1 aromatic heterocycles. The number of carbonyl (C=O) groups is 2. The van der Waals surface area contributed by atoms with Crippen LogP contribution in [0.15, 0.2) is 56.7 Å². The molecule has 0 aliphatic heterocycles. The lowest BCUT2D eigenvalue weighted by molar-refractivity contribution is -0.115. The molecule has 0 bridgehead atoms. The normalized spacial score (nSPS) is 11.1. The van der Waals surface area contributed by atoms with Crippen LogP contribution in [0, 0.1) is 0 Å². The van der Waals surface area contributed by atoms with Crippen molar-refractivity contribution >= 4 is 39.1 Å². The zero-order valence-corrected chi connectivity index (χ0v) is 13.4. The monoisotopic (exact) mass is 363 g/mol. The van der Waals surface area contributed by atoms with Crippen LogP contribution < -0.4 is 10.7 Å². The predicted octanol–water partition coefficient (Wildman–Crippen LogP) is 3.18. The molecule has 1 heterocycles. The molecule has 0 radical (unpaired) electrons. The van der Waals surface area contributed by atoms with E-state index in [0.717, 1.165) is 4.47 Å². The summed E-state index contributed by atoms with van der Waals surface area (Å²) in [6.07, 6.45) is 1.48. The molecular formula is C15H14BrN3O3. The fourth-order valence-electron chi connectivity index (χ4n) is 1.62. The molecule has 0 saturated heterocycles. The minimum atomic E-state index is -0.460. The summed E-state index contributed by atoms with van der Waals surface area (Å²) in [5.74, 6) is -0.510. The van der Waals surface area contributed by atoms with E-state index in [9.17, 15) is 9.59 Å². The van der Waals surface area contributed by atoms with Gasteiger partial charge in [-0.15, -0.1) is 0 Å². The maximum Gasteiger partial charge on any atom is 0.307 e. The van der Waals surface area contributed by atoms with Crippen molar-refractivity contribution in [2.24, 2.45) is 5.10 Å². The summed E-state index contributed by atoms with van der Waals surface area (Å²) in [6.45, 7) is 1.66. The standard InChI is InChI=1S/C15H14BrN3O3/c1-10(18-19-15(21)13-3-2-8-22-13)9-14(20)17-12-6-4-11(16)5-7-12/h2-8H,9H2,1H3,(H,17,20)(H,19,21)/b18-10+. The first-order valence-electron chi connectivity index (χ1n) is 6.47. The Morgan fingerprint density at radius 2 is 1.95 bits per heavy atom. The number of carbonyl (C=O) groups excluding carboxylic acids is 2. The van der Waals surface area contributed by atoms with Crippen molar-refractivity contribution in [3.8, 4) is 0 Å². The number of amides is 2. The van der Waals surface area contributed by atoms with Crippen molar-refractivity contribution in [2.75, 3.05) is 5.32 Å². The van der Waals surface area contributed by atoms with Crippen LogP contribution in [-0.4, -0.2) is 17.5 Å². The molecule has 22 heavy (non-hydrogen) atoms. The summed E-state index contributed by atoms with van der Waals surface area (Å²) in [7, 11) is 0. The molecule has 6 nitrogen and oxygen atoms in total. The Hall–Kier alpha value is -2.41. The third kappa shape index (κ3) is 4.85. The first-order chi connectivity index (χ1) is 10.5. The van der Waals surface area contributed by atoms with E-state index in [1.807, 2.05) is 12.1 Å². The summed E-state index contributed by atoms with van der Waals surface area (Å²) in [4.78, 5) is 23.4. The smallest absolute Gasteiger partial charge is 0.307 e. The number of hydrazone groups is 1. The van der Waals surface area contributed by atoms with Gasteiger partial charge in [-0.2, -0.15) is 5.10 Å². The number of halogens is 1. The number of furan rings is 1. The molecule has 0 fully saturated rings. The van der Waals surface area contributed by atoms with Crippen LogP contribution >= 0.6 is 15.9 Å². The van der Waals surface area contributed by atoms with Crippen molar-refractivity contribution in [1.29, 1.82) is 0 Å². The predicted molar refractivity (Wildman–Crippen MR) is 86.7 cm³/mol. The van der Waals surface area contributed by atoms with Gasteiger partial charge in [-0.1, -0.05) is 15.9 Å². The fraction of sp³-hybridized carbons (Fsp3) is 0.133. The van der Waals surface area contributed by atoms with Gasteiger partial charge in [-0.05, 0) is 43.3 Å². The van der Waals surface area contributed by atoms with Gasteiger partial charge >= 0.3 is 5.91 Å². The van der Waals surface area contributed by atoms with E-state index >= 15 is 0 Å². The van der Waals surface area contributed by atoms with Gasteiger partial charge in [0, 0.05) is 15.9 Å². The minimum absolute atomic E-state index is 0.0779. The van der Waals surface area contributed by atoms with Gasteiger partial charge in [0.15, 0.2) is 5.76 Å². The average molecular weight is 364 g/mol. The number of hydrogen-bond acceptors (Lipinski definition) is 4. The van der Waals surface area contributed by atoms with Crippen LogP contribution in [0.1, 0.15) is 23.9 Å². The van der Waals surface area contributed by atoms with Gasteiger partial charge in [0.05, 0.1) is 12.7 Å². The third-order valence-corrected chi connectivity index (χ3v) is 3.17. The van der Waals surface area contributed by atoms with E-state index in [4.69, 9.17) is 4.42 Å². The van der Waals surface area contributed by atoms with Crippen LogP contribution in [0.5, 0.6) is 0 Å². The number of anilines is 1. The van der Waals surface area contributed by atoms with Gasteiger partial charge < -0.3 is 9.73 Å². The van der Waals surface area contributed by atoms with Gasteiger partial charge in [-0.25, -0.2) is 5.43 Å². The Labute approximate surface area is 135 Å². The summed E-state index contributed by atoms with van der Waals surface area (Å²) in [6, 6.07) is 10.4. The molecule has 114 valence electrons. The Morgan fingerprint density at radius 3 is 2.59 bits per heavy atom. The summed E-state index contributed by atoms with van der Waals surface area (Å²) >= 11 is 3.32. The second kappa shape index (κ2) is 7.56. The summed E-state index contributed by atoms with van der Waals surface area (Å²) in [5, 5.41) is 6.61. The molecule has 1 aromatic carbocycles.